The van der Waals surface area contributed by atoms with Crippen molar-refractivity contribution >= 4 is 17.0 Å². The van der Waals surface area contributed by atoms with Crippen LogP contribution in [0.5, 0.6) is 5.75 Å². The minimum Gasteiger partial charge on any atom is -0.497 e. The van der Waals surface area contributed by atoms with Gasteiger partial charge in [0.05, 0.1) is 13.4 Å². The van der Waals surface area contributed by atoms with Crippen molar-refractivity contribution in [3.05, 3.63) is 76.3 Å². The number of rotatable bonds is 8. The molecule has 0 aliphatic carbocycles. The monoisotopic (exact) mass is 432 g/mol. The molecule has 0 aliphatic rings. The summed E-state index contributed by atoms with van der Waals surface area (Å²) in [5.74, 6) is 0.560. The zero-order valence-electron chi connectivity index (χ0n) is 18.0. The summed E-state index contributed by atoms with van der Waals surface area (Å²) in [5, 5.41) is 6.90. The van der Waals surface area contributed by atoms with Gasteiger partial charge < -0.3 is 14.6 Å². The third kappa shape index (κ3) is 4.54. The fraction of sp³-hybridized carbons (Fsp3) is 0.250. The summed E-state index contributed by atoms with van der Waals surface area (Å²) in [6.07, 6.45) is 2.51. The van der Waals surface area contributed by atoms with E-state index in [1.807, 2.05) is 48.5 Å². The van der Waals surface area contributed by atoms with Crippen molar-refractivity contribution in [2.24, 2.45) is 0 Å². The molecule has 8 nitrogen and oxygen atoms in total. The van der Waals surface area contributed by atoms with E-state index in [1.165, 1.54) is 16.5 Å². The number of ether oxygens (including phenoxy) is 1. The lowest BCUT2D eigenvalue weighted by atomic mass is 10.1. The van der Waals surface area contributed by atoms with Gasteiger partial charge in [0, 0.05) is 25.1 Å². The summed E-state index contributed by atoms with van der Waals surface area (Å²) >= 11 is 0. The van der Waals surface area contributed by atoms with Crippen molar-refractivity contribution < 1.29 is 14.1 Å². The predicted molar refractivity (Wildman–Crippen MR) is 120 cm³/mol. The number of carbonyl (C=O) groups excluding carboxylic acids is 1. The van der Waals surface area contributed by atoms with E-state index < -0.39 is 0 Å². The summed E-state index contributed by atoms with van der Waals surface area (Å²) in [4.78, 5) is 29.4. The zero-order valence-corrected chi connectivity index (χ0v) is 18.0. The van der Waals surface area contributed by atoms with E-state index in [0.29, 0.717) is 17.8 Å². The molecule has 0 saturated carbocycles. The molecule has 164 valence electrons. The van der Waals surface area contributed by atoms with Crippen LogP contribution in [0.4, 0.5) is 0 Å². The molecule has 2 aromatic carbocycles. The van der Waals surface area contributed by atoms with Gasteiger partial charge in [-0.15, -0.1) is 0 Å². The van der Waals surface area contributed by atoms with Crippen molar-refractivity contribution in [3.8, 4) is 17.0 Å². The fourth-order valence-corrected chi connectivity index (χ4v) is 3.40. The Kier molecular flexibility index (Phi) is 6.30. The molecular weight excluding hydrogens is 408 g/mol. The quantitative estimate of drug-likeness (QED) is 0.459. The number of hydrogen-bond donors (Lipinski definition) is 1. The van der Waals surface area contributed by atoms with Gasteiger partial charge in [0.2, 0.25) is 5.91 Å². The third-order valence-corrected chi connectivity index (χ3v) is 5.29. The van der Waals surface area contributed by atoms with Gasteiger partial charge in [-0.25, -0.2) is 4.98 Å². The van der Waals surface area contributed by atoms with E-state index in [-0.39, 0.29) is 30.0 Å². The summed E-state index contributed by atoms with van der Waals surface area (Å²) in [5.41, 5.74) is 3.64. The SMILES string of the molecule is CCc1ccc(-c2noc3c(=O)n(CCC(=O)NCc4cccc(OC)c4)cnc23)cc1. The summed E-state index contributed by atoms with van der Waals surface area (Å²) in [6.45, 7) is 2.65. The Morgan fingerprint density at radius 1 is 1.16 bits per heavy atom. The average Bonchev–Trinajstić information content (AvgIpc) is 3.27. The van der Waals surface area contributed by atoms with Crippen LogP contribution in [0.2, 0.25) is 0 Å². The number of carbonyl (C=O) groups is 1. The number of fused-ring (bicyclic) bond motifs is 1. The van der Waals surface area contributed by atoms with Gasteiger partial charge >= 0.3 is 0 Å². The van der Waals surface area contributed by atoms with Crippen LogP contribution in [0, 0.1) is 0 Å². The molecule has 2 heterocycles. The van der Waals surface area contributed by atoms with Gasteiger partial charge in [-0.3, -0.25) is 14.2 Å². The molecule has 0 bridgehead atoms. The predicted octanol–water partition coefficient (Wildman–Crippen LogP) is 3.33. The number of methoxy groups -OCH3 is 1. The van der Waals surface area contributed by atoms with Crippen LogP contribution >= 0.6 is 0 Å². The zero-order chi connectivity index (χ0) is 22.5. The van der Waals surface area contributed by atoms with E-state index in [1.54, 1.807) is 7.11 Å². The number of nitrogens with zero attached hydrogens (tertiary/aromatic N) is 3. The Hall–Kier alpha value is -3.94. The number of hydrogen-bond acceptors (Lipinski definition) is 6. The Bertz CT molecular complexity index is 1290. The van der Waals surface area contributed by atoms with Crippen molar-refractivity contribution in [2.75, 3.05) is 7.11 Å². The van der Waals surface area contributed by atoms with Crippen molar-refractivity contribution in [1.29, 1.82) is 0 Å². The number of aryl methyl sites for hydroxylation is 2. The molecule has 0 aliphatic heterocycles. The maximum absolute atomic E-state index is 12.8. The number of nitrogens with one attached hydrogen (secondary N) is 1. The third-order valence-electron chi connectivity index (χ3n) is 5.29. The van der Waals surface area contributed by atoms with E-state index in [4.69, 9.17) is 9.26 Å². The number of benzene rings is 2. The van der Waals surface area contributed by atoms with E-state index in [2.05, 4.69) is 22.4 Å². The van der Waals surface area contributed by atoms with Gasteiger partial charge in [-0.05, 0) is 29.7 Å². The van der Waals surface area contributed by atoms with E-state index >= 15 is 0 Å². The molecule has 0 unspecified atom stereocenters. The molecule has 2 aromatic heterocycles. The average molecular weight is 432 g/mol. The first-order valence-corrected chi connectivity index (χ1v) is 10.4. The van der Waals surface area contributed by atoms with Gasteiger partial charge in [0.1, 0.15) is 17.0 Å². The highest BCUT2D eigenvalue weighted by atomic mass is 16.5. The molecule has 32 heavy (non-hydrogen) atoms. The summed E-state index contributed by atoms with van der Waals surface area (Å²) in [7, 11) is 1.60. The van der Waals surface area contributed by atoms with Crippen LogP contribution in [0.1, 0.15) is 24.5 Å². The molecule has 0 atom stereocenters. The van der Waals surface area contributed by atoms with Crippen LogP contribution in [0.15, 0.2) is 64.2 Å². The Labute approximate surface area is 184 Å². The molecular formula is C24H24N4O4. The topological polar surface area (TPSA) is 99.2 Å². The molecule has 0 saturated heterocycles. The Morgan fingerprint density at radius 2 is 1.97 bits per heavy atom. The second-order valence-corrected chi connectivity index (χ2v) is 7.38. The van der Waals surface area contributed by atoms with Crippen LogP contribution in [0.25, 0.3) is 22.4 Å². The smallest absolute Gasteiger partial charge is 0.299 e. The lowest BCUT2D eigenvalue weighted by Gasteiger charge is -2.08. The lowest BCUT2D eigenvalue weighted by Crippen LogP contribution is -2.27. The second-order valence-electron chi connectivity index (χ2n) is 7.38. The first-order valence-electron chi connectivity index (χ1n) is 10.4. The number of amides is 1. The number of aromatic nitrogens is 3. The molecule has 0 fully saturated rings. The normalized spacial score (nSPS) is 10.9. The molecule has 1 amide bonds. The highest BCUT2D eigenvalue weighted by Gasteiger charge is 2.16. The molecule has 8 heteroatoms. The maximum Gasteiger partial charge on any atom is 0.299 e. The van der Waals surface area contributed by atoms with Crippen LogP contribution in [0.3, 0.4) is 0 Å². The first kappa shape index (κ1) is 21.3. The molecule has 1 N–H and O–H groups in total. The minimum atomic E-state index is -0.362. The van der Waals surface area contributed by atoms with Gasteiger partial charge in [-0.2, -0.15) is 0 Å². The molecule has 4 aromatic rings. The largest absolute Gasteiger partial charge is 0.497 e. The molecule has 0 spiro atoms. The van der Waals surface area contributed by atoms with Gasteiger partial charge in [0.25, 0.3) is 11.1 Å². The van der Waals surface area contributed by atoms with Crippen LogP contribution < -0.4 is 15.6 Å². The van der Waals surface area contributed by atoms with Crippen LogP contribution in [-0.2, 0) is 24.3 Å². The highest BCUT2D eigenvalue weighted by Crippen LogP contribution is 2.24. The molecule has 4 rings (SSSR count). The van der Waals surface area contributed by atoms with Crippen molar-refractivity contribution in [2.45, 2.75) is 32.9 Å². The summed E-state index contributed by atoms with van der Waals surface area (Å²) in [6, 6.07) is 15.4. The van der Waals surface area contributed by atoms with Crippen LogP contribution in [-0.4, -0.2) is 27.7 Å². The first-order chi connectivity index (χ1) is 15.6. The van der Waals surface area contributed by atoms with Crippen molar-refractivity contribution in [3.63, 3.8) is 0 Å². The van der Waals surface area contributed by atoms with Crippen molar-refractivity contribution in [1.82, 2.24) is 20.0 Å². The molecule has 0 radical (unpaired) electrons. The maximum atomic E-state index is 12.8. The fourth-order valence-electron chi connectivity index (χ4n) is 3.40. The van der Waals surface area contributed by atoms with Gasteiger partial charge in [-0.1, -0.05) is 48.5 Å². The highest BCUT2D eigenvalue weighted by molar-refractivity contribution is 5.87. The minimum absolute atomic E-state index is 0.0823. The lowest BCUT2D eigenvalue weighted by molar-refractivity contribution is -0.121. The standard InChI is InChI=1S/C24H24N4O4/c1-3-16-7-9-18(10-8-16)21-22-23(32-27-21)24(30)28(15-26-22)12-11-20(29)25-14-17-5-4-6-19(13-17)31-2/h4-10,13,15H,3,11-12,14H2,1-2H3,(H,25,29). The van der Waals surface area contributed by atoms with Gasteiger partial charge in [0.15, 0.2) is 0 Å². The summed E-state index contributed by atoms with van der Waals surface area (Å²) < 4.78 is 11.9. The Balaban J connectivity index is 1.42. The Morgan fingerprint density at radius 3 is 2.72 bits per heavy atom. The van der Waals surface area contributed by atoms with E-state index in [0.717, 1.165) is 23.3 Å². The van der Waals surface area contributed by atoms with E-state index in [9.17, 15) is 9.59 Å². The second kappa shape index (κ2) is 9.47.